The summed E-state index contributed by atoms with van der Waals surface area (Å²) >= 11 is 0. The van der Waals surface area contributed by atoms with Gasteiger partial charge in [0, 0.05) is 12.7 Å². The molecule has 1 N–H and O–H groups in total. The van der Waals surface area contributed by atoms with E-state index in [1.54, 1.807) is 31.2 Å². The average Bonchev–Trinajstić information content (AvgIpc) is 2.61. The van der Waals surface area contributed by atoms with Gasteiger partial charge in [0.1, 0.15) is 5.75 Å². The first-order chi connectivity index (χ1) is 12.6. The summed E-state index contributed by atoms with van der Waals surface area (Å²) in [6.45, 7) is 5.89. The first kappa shape index (κ1) is 20.8. The molecule has 1 atom stereocenters. The van der Waals surface area contributed by atoms with Crippen LogP contribution in [-0.2, 0) is 14.8 Å². The summed E-state index contributed by atoms with van der Waals surface area (Å²) in [5.74, 6) is 0.657. The number of ether oxygens (including phenoxy) is 1. The SMILES string of the molecule is CC(Oc1ccc(N(C)S(C)(=O)=O)cc1)C(=O)Nc1ccc(C(C)C)cc1. The first-order valence-electron chi connectivity index (χ1n) is 8.69. The Hall–Kier alpha value is -2.54. The van der Waals surface area contributed by atoms with E-state index in [0.29, 0.717) is 23.0 Å². The van der Waals surface area contributed by atoms with Gasteiger partial charge in [-0.1, -0.05) is 26.0 Å². The maximum Gasteiger partial charge on any atom is 0.265 e. The van der Waals surface area contributed by atoms with Crippen molar-refractivity contribution in [2.45, 2.75) is 32.8 Å². The molecular formula is C20H26N2O4S. The van der Waals surface area contributed by atoms with Crippen molar-refractivity contribution in [1.29, 1.82) is 0 Å². The van der Waals surface area contributed by atoms with E-state index >= 15 is 0 Å². The second-order valence-corrected chi connectivity index (χ2v) is 8.76. The van der Waals surface area contributed by atoms with E-state index in [-0.39, 0.29) is 5.91 Å². The van der Waals surface area contributed by atoms with Gasteiger partial charge in [-0.15, -0.1) is 0 Å². The zero-order valence-electron chi connectivity index (χ0n) is 16.3. The third-order valence-electron chi connectivity index (χ3n) is 4.22. The molecule has 1 amide bonds. The van der Waals surface area contributed by atoms with Gasteiger partial charge in [0.25, 0.3) is 5.91 Å². The standard InChI is InChI=1S/C20H26N2O4S/c1-14(2)16-6-8-17(9-7-16)21-20(23)15(3)26-19-12-10-18(11-13-19)22(4)27(5,24)25/h6-15H,1-5H3,(H,21,23). The number of nitrogens with zero attached hydrogens (tertiary/aromatic N) is 1. The lowest BCUT2D eigenvalue weighted by Gasteiger charge is -2.18. The molecule has 0 saturated heterocycles. The van der Waals surface area contributed by atoms with Gasteiger partial charge in [-0.3, -0.25) is 9.10 Å². The van der Waals surface area contributed by atoms with E-state index in [4.69, 9.17) is 4.74 Å². The summed E-state index contributed by atoms with van der Waals surface area (Å²) < 4.78 is 29.9. The maximum atomic E-state index is 12.3. The van der Waals surface area contributed by atoms with Crippen molar-refractivity contribution in [1.82, 2.24) is 0 Å². The minimum absolute atomic E-state index is 0.260. The smallest absolute Gasteiger partial charge is 0.265 e. The van der Waals surface area contributed by atoms with Crippen LogP contribution in [0, 0.1) is 0 Å². The number of amides is 1. The van der Waals surface area contributed by atoms with Gasteiger partial charge in [0.15, 0.2) is 6.10 Å². The van der Waals surface area contributed by atoms with Gasteiger partial charge >= 0.3 is 0 Å². The van der Waals surface area contributed by atoms with Crippen molar-refractivity contribution in [3.05, 3.63) is 54.1 Å². The number of sulfonamides is 1. The molecule has 0 heterocycles. The van der Waals surface area contributed by atoms with Crippen LogP contribution >= 0.6 is 0 Å². The van der Waals surface area contributed by atoms with Crippen LogP contribution in [0.3, 0.4) is 0 Å². The highest BCUT2D eigenvalue weighted by atomic mass is 32.2. The molecule has 0 fully saturated rings. The average molecular weight is 391 g/mol. The highest BCUT2D eigenvalue weighted by molar-refractivity contribution is 7.92. The molecule has 2 rings (SSSR count). The molecule has 0 bridgehead atoms. The highest BCUT2D eigenvalue weighted by Gasteiger charge is 2.16. The van der Waals surface area contributed by atoms with Gasteiger partial charge in [-0.25, -0.2) is 8.42 Å². The third kappa shape index (κ3) is 5.72. The summed E-state index contributed by atoms with van der Waals surface area (Å²) in [6, 6.07) is 14.3. The van der Waals surface area contributed by atoms with E-state index in [1.807, 2.05) is 24.3 Å². The quantitative estimate of drug-likeness (QED) is 0.784. The van der Waals surface area contributed by atoms with E-state index < -0.39 is 16.1 Å². The molecule has 0 radical (unpaired) electrons. The molecule has 0 aliphatic rings. The summed E-state index contributed by atoms with van der Waals surface area (Å²) in [5.41, 5.74) is 2.44. The van der Waals surface area contributed by atoms with Gasteiger partial charge in [-0.05, 0) is 54.8 Å². The molecular weight excluding hydrogens is 364 g/mol. The summed E-state index contributed by atoms with van der Waals surface area (Å²) in [7, 11) is -1.84. The molecule has 0 aliphatic heterocycles. The third-order valence-corrected chi connectivity index (χ3v) is 5.43. The highest BCUT2D eigenvalue weighted by Crippen LogP contribution is 2.22. The van der Waals surface area contributed by atoms with Crippen LogP contribution in [0.25, 0.3) is 0 Å². The van der Waals surface area contributed by atoms with E-state index in [2.05, 4.69) is 19.2 Å². The van der Waals surface area contributed by atoms with Crippen LogP contribution in [0.15, 0.2) is 48.5 Å². The second-order valence-electron chi connectivity index (χ2n) is 6.75. The van der Waals surface area contributed by atoms with E-state index in [1.165, 1.54) is 16.9 Å². The van der Waals surface area contributed by atoms with Crippen molar-refractivity contribution in [2.24, 2.45) is 0 Å². The predicted octanol–water partition coefficient (Wildman–Crippen LogP) is 3.61. The molecule has 27 heavy (non-hydrogen) atoms. The van der Waals surface area contributed by atoms with Crippen molar-refractivity contribution in [2.75, 3.05) is 22.9 Å². The molecule has 2 aromatic rings. The fourth-order valence-corrected chi connectivity index (χ4v) is 2.88. The molecule has 1 unspecified atom stereocenters. The minimum Gasteiger partial charge on any atom is -0.481 e. The fraction of sp³-hybridized carbons (Fsp3) is 0.350. The molecule has 7 heteroatoms. The van der Waals surface area contributed by atoms with Gasteiger partial charge < -0.3 is 10.1 Å². The van der Waals surface area contributed by atoms with Gasteiger partial charge in [-0.2, -0.15) is 0 Å². The molecule has 0 spiro atoms. The van der Waals surface area contributed by atoms with Crippen LogP contribution in [0.4, 0.5) is 11.4 Å². The Balaban J connectivity index is 1.97. The van der Waals surface area contributed by atoms with E-state index in [9.17, 15) is 13.2 Å². The number of carbonyl (C=O) groups excluding carboxylic acids is 1. The molecule has 0 aromatic heterocycles. The lowest BCUT2D eigenvalue weighted by Crippen LogP contribution is -2.30. The van der Waals surface area contributed by atoms with Crippen molar-refractivity contribution >= 4 is 27.3 Å². The zero-order valence-corrected chi connectivity index (χ0v) is 17.1. The second kappa shape index (κ2) is 8.43. The number of nitrogens with one attached hydrogen (secondary N) is 1. The zero-order chi connectivity index (χ0) is 20.2. The number of rotatable bonds is 7. The molecule has 146 valence electrons. The Bertz CT molecular complexity index is 875. The Kier molecular flexibility index (Phi) is 6.49. The molecule has 6 nitrogen and oxygen atoms in total. The Morgan fingerprint density at radius 3 is 2.04 bits per heavy atom. The molecule has 0 aliphatic carbocycles. The fourth-order valence-electron chi connectivity index (χ4n) is 2.38. The van der Waals surface area contributed by atoms with Crippen LogP contribution < -0.4 is 14.4 Å². The Morgan fingerprint density at radius 1 is 1.00 bits per heavy atom. The summed E-state index contributed by atoms with van der Waals surface area (Å²) in [5, 5.41) is 2.83. The first-order valence-corrected chi connectivity index (χ1v) is 10.5. The Morgan fingerprint density at radius 2 is 1.56 bits per heavy atom. The largest absolute Gasteiger partial charge is 0.481 e. The number of carbonyl (C=O) groups is 1. The number of benzene rings is 2. The topological polar surface area (TPSA) is 75.7 Å². The van der Waals surface area contributed by atoms with Crippen LogP contribution in [0.5, 0.6) is 5.75 Å². The summed E-state index contributed by atoms with van der Waals surface area (Å²) in [6.07, 6.45) is 0.436. The Labute approximate surface area is 161 Å². The maximum absolute atomic E-state index is 12.3. The molecule has 2 aromatic carbocycles. The van der Waals surface area contributed by atoms with Crippen molar-refractivity contribution in [3.63, 3.8) is 0 Å². The van der Waals surface area contributed by atoms with Gasteiger partial charge in [0.2, 0.25) is 10.0 Å². The van der Waals surface area contributed by atoms with Crippen molar-refractivity contribution < 1.29 is 17.9 Å². The molecule has 0 saturated carbocycles. The van der Waals surface area contributed by atoms with Crippen LogP contribution in [-0.4, -0.2) is 33.7 Å². The van der Waals surface area contributed by atoms with Crippen LogP contribution in [0.1, 0.15) is 32.3 Å². The lowest BCUT2D eigenvalue weighted by molar-refractivity contribution is -0.122. The van der Waals surface area contributed by atoms with Crippen molar-refractivity contribution in [3.8, 4) is 5.75 Å². The number of hydrogen-bond donors (Lipinski definition) is 1. The monoisotopic (exact) mass is 390 g/mol. The predicted molar refractivity (Wildman–Crippen MR) is 109 cm³/mol. The van der Waals surface area contributed by atoms with E-state index in [0.717, 1.165) is 6.26 Å². The number of hydrogen-bond acceptors (Lipinski definition) is 4. The normalized spacial score (nSPS) is 12.5. The lowest BCUT2D eigenvalue weighted by atomic mass is 10.0. The van der Waals surface area contributed by atoms with Crippen LogP contribution in [0.2, 0.25) is 0 Å². The van der Waals surface area contributed by atoms with Gasteiger partial charge in [0.05, 0.1) is 11.9 Å². The number of anilines is 2. The minimum atomic E-state index is -3.32. The summed E-state index contributed by atoms with van der Waals surface area (Å²) in [4.78, 5) is 12.3.